The van der Waals surface area contributed by atoms with Crippen LogP contribution in [0.15, 0.2) is 52.5 Å². The van der Waals surface area contributed by atoms with Crippen LogP contribution in [-0.4, -0.2) is 27.7 Å². The predicted octanol–water partition coefficient (Wildman–Crippen LogP) is 5.00. The van der Waals surface area contributed by atoms with Crippen molar-refractivity contribution in [2.75, 3.05) is 12.4 Å². The Morgan fingerprint density at radius 3 is 2.31 bits per heavy atom. The number of methoxy groups -OCH3 is 1. The number of nitrogens with one attached hydrogen (secondary N) is 2. The molecule has 0 aromatic heterocycles. The maximum absolute atomic E-state index is 14.9. The molecule has 0 aliphatic heterocycles. The number of anilines is 2. The zero-order valence-corrected chi connectivity index (χ0v) is 21.0. The van der Waals surface area contributed by atoms with Crippen molar-refractivity contribution in [3.05, 3.63) is 86.0 Å². The van der Waals surface area contributed by atoms with Crippen LogP contribution >= 0.6 is 22.6 Å². The van der Waals surface area contributed by atoms with Gasteiger partial charge >= 0.3 is 5.97 Å². The Kier molecular flexibility index (Phi) is 8.00. The molecule has 3 aromatic carbocycles. The smallest absolute Gasteiger partial charge is 0.340 e. The summed E-state index contributed by atoms with van der Waals surface area (Å²) in [6.07, 6.45) is 0.644. The van der Waals surface area contributed by atoms with E-state index in [1.807, 2.05) is 4.83 Å². The lowest BCUT2D eigenvalue weighted by atomic mass is 10.1. The number of hydrazone groups is 1. The third-order valence-corrected chi connectivity index (χ3v) is 6.68. The number of halogens is 5. The molecule has 0 atom stereocenters. The fourth-order valence-corrected chi connectivity index (χ4v) is 4.04. The fraction of sp³-hybridized carbons (Fsp3) is 0.0909. The first-order valence-electron chi connectivity index (χ1n) is 9.58. The summed E-state index contributed by atoms with van der Waals surface area (Å²) in [4.78, 5) is 14.0. The SMILES string of the molecule is COC(=O)c1cc(/C=N/NS(=O)(=O)c2ccc(C)cc2)c(F)c(F)c1Nc1cc(F)c(I)cc1F. The highest BCUT2D eigenvalue weighted by molar-refractivity contribution is 14.1. The van der Waals surface area contributed by atoms with Gasteiger partial charge in [0.2, 0.25) is 0 Å². The molecule has 0 saturated carbocycles. The molecule has 0 aliphatic carbocycles. The van der Waals surface area contributed by atoms with E-state index in [-0.39, 0.29) is 8.47 Å². The molecule has 0 aliphatic rings. The zero-order valence-electron chi connectivity index (χ0n) is 18.0. The second-order valence-corrected chi connectivity index (χ2v) is 9.87. The van der Waals surface area contributed by atoms with Crippen LogP contribution in [0.1, 0.15) is 21.5 Å². The van der Waals surface area contributed by atoms with Gasteiger partial charge in [0.05, 0.1) is 38.7 Å². The number of hydrogen-bond acceptors (Lipinski definition) is 6. The summed E-state index contributed by atoms with van der Waals surface area (Å²) in [5.41, 5.74) is -1.74. The molecule has 3 aromatic rings. The highest BCUT2D eigenvalue weighted by Gasteiger charge is 2.24. The fourth-order valence-electron chi connectivity index (χ4n) is 2.82. The van der Waals surface area contributed by atoms with Crippen LogP contribution in [0.5, 0.6) is 0 Å². The maximum Gasteiger partial charge on any atom is 0.340 e. The van der Waals surface area contributed by atoms with Gasteiger partial charge in [-0.05, 0) is 53.8 Å². The lowest BCUT2D eigenvalue weighted by Gasteiger charge is -2.15. The molecule has 0 amide bonds. The van der Waals surface area contributed by atoms with Crippen molar-refractivity contribution in [3.63, 3.8) is 0 Å². The lowest BCUT2D eigenvalue weighted by Crippen LogP contribution is -2.18. The minimum Gasteiger partial charge on any atom is -0.465 e. The lowest BCUT2D eigenvalue weighted by molar-refractivity contribution is 0.0601. The summed E-state index contributed by atoms with van der Waals surface area (Å²) in [5, 5.41) is 5.61. The van der Waals surface area contributed by atoms with Crippen LogP contribution < -0.4 is 10.1 Å². The van der Waals surface area contributed by atoms with Gasteiger partial charge in [0.1, 0.15) is 11.6 Å². The Hall–Kier alpha value is -3.20. The summed E-state index contributed by atoms with van der Waals surface area (Å²) >= 11 is 1.55. The third kappa shape index (κ3) is 5.90. The van der Waals surface area contributed by atoms with Gasteiger partial charge in [-0.1, -0.05) is 17.7 Å². The van der Waals surface area contributed by atoms with Crippen LogP contribution in [0, 0.1) is 33.8 Å². The highest BCUT2D eigenvalue weighted by atomic mass is 127. The Bertz CT molecular complexity index is 1430. The molecular formula is C22H16F4IN3O4S. The van der Waals surface area contributed by atoms with Crippen LogP contribution in [0.3, 0.4) is 0 Å². The number of rotatable bonds is 7. The molecule has 7 nitrogen and oxygen atoms in total. The van der Waals surface area contributed by atoms with Crippen molar-refractivity contribution in [2.24, 2.45) is 5.10 Å². The number of ether oxygens (including phenoxy) is 1. The van der Waals surface area contributed by atoms with Gasteiger partial charge in [-0.2, -0.15) is 13.5 Å². The highest BCUT2D eigenvalue weighted by Crippen LogP contribution is 2.31. The van der Waals surface area contributed by atoms with Gasteiger partial charge < -0.3 is 10.1 Å². The summed E-state index contributed by atoms with van der Waals surface area (Å²) in [7, 11) is -3.13. The van der Waals surface area contributed by atoms with E-state index < -0.39 is 61.8 Å². The number of hydrogen-bond donors (Lipinski definition) is 2. The average molecular weight is 621 g/mol. The molecule has 0 fully saturated rings. The monoisotopic (exact) mass is 621 g/mol. The Morgan fingerprint density at radius 2 is 1.69 bits per heavy atom. The van der Waals surface area contributed by atoms with Crippen LogP contribution in [0.2, 0.25) is 0 Å². The van der Waals surface area contributed by atoms with Crippen LogP contribution in [-0.2, 0) is 14.8 Å². The molecule has 3 rings (SSSR count). The van der Waals surface area contributed by atoms with E-state index in [9.17, 15) is 30.8 Å². The number of nitrogens with zero attached hydrogens (tertiary/aromatic N) is 1. The van der Waals surface area contributed by atoms with Crippen LogP contribution in [0.25, 0.3) is 0 Å². The number of esters is 1. The summed E-state index contributed by atoms with van der Waals surface area (Å²) in [5.74, 6) is -6.12. The van der Waals surface area contributed by atoms with Gasteiger partial charge in [-0.3, -0.25) is 0 Å². The van der Waals surface area contributed by atoms with Crippen molar-refractivity contribution in [2.45, 2.75) is 11.8 Å². The maximum atomic E-state index is 14.9. The second-order valence-electron chi connectivity index (χ2n) is 7.05. The summed E-state index contributed by atoms with van der Waals surface area (Å²) < 4.78 is 86.9. The molecule has 13 heteroatoms. The quantitative estimate of drug-likeness (QED) is 0.0968. The first-order chi connectivity index (χ1) is 16.4. The average Bonchev–Trinajstić information content (AvgIpc) is 2.81. The van der Waals surface area contributed by atoms with Crippen molar-refractivity contribution >= 4 is 56.2 Å². The van der Waals surface area contributed by atoms with E-state index in [1.54, 1.807) is 41.6 Å². The number of aryl methyl sites for hydroxylation is 1. The topological polar surface area (TPSA) is 96.9 Å². The molecule has 0 bridgehead atoms. The van der Waals surface area contributed by atoms with E-state index in [1.165, 1.54) is 12.1 Å². The molecule has 0 unspecified atom stereocenters. The second kappa shape index (κ2) is 10.6. The first-order valence-corrected chi connectivity index (χ1v) is 12.1. The summed E-state index contributed by atoms with van der Waals surface area (Å²) in [6.45, 7) is 1.76. The zero-order chi connectivity index (χ0) is 25.9. The number of sulfonamides is 1. The molecule has 35 heavy (non-hydrogen) atoms. The molecule has 0 spiro atoms. The Morgan fingerprint density at radius 1 is 1.03 bits per heavy atom. The van der Waals surface area contributed by atoms with Crippen molar-refractivity contribution < 1.29 is 35.5 Å². The van der Waals surface area contributed by atoms with Gasteiger partial charge in [0.15, 0.2) is 11.6 Å². The number of carbonyl (C=O) groups excluding carboxylic acids is 1. The van der Waals surface area contributed by atoms with E-state index in [2.05, 4.69) is 15.2 Å². The molecular weight excluding hydrogens is 605 g/mol. The van der Waals surface area contributed by atoms with Crippen molar-refractivity contribution in [1.29, 1.82) is 0 Å². The van der Waals surface area contributed by atoms with Crippen molar-refractivity contribution in [3.8, 4) is 0 Å². The van der Waals surface area contributed by atoms with E-state index in [4.69, 9.17) is 0 Å². The number of carbonyl (C=O) groups is 1. The van der Waals surface area contributed by atoms with Crippen LogP contribution in [0.4, 0.5) is 28.9 Å². The summed E-state index contributed by atoms with van der Waals surface area (Å²) in [6, 6.07) is 8.13. The Labute approximate surface area is 211 Å². The van der Waals surface area contributed by atoms with Gasteiger partial charge in [0.25, 0.3) is 10.0 Å². The minimum atomic E-state index is -4.11. The van der Waals surface area contributed by atoms with E-state index in [0.29, 0.717) is 12.3 Å². The van der Waals surface area contributed by atoms with Gasteiger partial charge in [-0.25, -0.2) is 27.2 Å². The van der Waals surface area contributed by atoms with E-state index in [0.717, 1.165) is 24.8 Å². The molecule has 2 N–H and O–H groups in total. The molecule has 0 heterocycles. The molecule has 184 valence electrons. The van der Waals surface area contributed by atoms with Gasteiger partial charge in [0, 0.05) is 11.6 Å². The standard InChI is InChI=1S/C22H16F4IN3O4S/c1-11-3-5-13(6-4-11)35(32,33)30-28-10-12-7-14(22(31)34-2)21(20(26)19(12)25)29-18-9-15(23)17(27)8-16(18)24/h3-10,29-30H,1-2H3/b28-10+. The molecule has 0 radical (unpaired) electrons. The largest absolute Gasteiger partial charge is 0.465 e. The predicted molar refractivity (Wildman–Crippen MR) is 129 cm³/mol. The molecule has 0 saturated heterocycles. The number of benzene rings is 3. The van der Waals surface area contributed by atoms with Crippen molar-refractivity contribution in [1.82, 2.24) is 4.83 Å². The van der Waals surface area contributed by atoms with E-state index >= 15 is 0 Å². The minimum absolute atomic E-state index is 0.0508. The normalized spacial score (nSPS) is 11.5. The first kappa shape index (κ1) is 26.4. The Balaban J connectivity index is 1.98. The van der Waals surface area contributed by atoms with Gasteiger partial charge in [-0.15, -0.1) is 0 Å². The third-order valence-electron chi connectivity index (χ3n) is 4.62.